The Kier molecular flexibility index (Phi) is 3.79. The molecule has 8 unspecified atom stereocenters. The van der Waals surface area contributed by atoms with Crippen molar-refractivity contribution in [1.82, 2.24) is 0 Å². The van der Waals surface area contributed by atoms with Crippen LogP contribution in [0.5, 0.6) is 0 Å². The van der Waals surface area contributed by atoms with Crippen LogP contribution < -0.4 is 0 Å². The van der Waals surface area contributed by atoms with Crippen LogP contribution in [0.4, 0.5) is 0 Å². The van der Waals surface area contributed by atoms with E-state index in [0.29, 0.717) is 61.6 Å². The maximum Gasteiger partial charge on any atom is 0.305 e. The fourth-order valence-corrected chi connectivity index (χ4v) is 8.84. The molecule has 1 N–H and O–H groups in total. The molecular weight excluding hydrogens is 368 g/mol. The Morgan fingerprint density at radius 2 is 2.07 bits per heavy atom. The maximum absolute atomic E-state index is 12.3. The molecule has 6 rings (SSSR count). The normalized spacial score (nSPS) is 56.4. The van der Waals surface area contributed by atoms with Gasteiger partial charge in [-0.05, 0) is 81.0 Å². The highest BCUT2D eigenvalue weighted by Crippen LogP contribution is 2.77. The molecule has 6 aliphatic rings. The third-order valence-electron chi connectivity index (χ3n) is 10.2. The maximum atomic E-state index is 12.3. The van der Waals surface area contributed by atoms with Crippen molar-refractivity contribution in [3.63, 3.8) is 0 Å². The summed E-state index contributed by atoms with van der Waals surface area (Å²) in [5, 5.41) is 11.8. The van der Waals surface area contributed by atoms with Gasteiger partial charge in [-0.25, -0.2) is 0 Å². The molecule has 1 heterocycles. The molecule has 0 spiro atoms. The molecule has 0 bridgehead atoms. The SMILES string of the molecule is CCOC(=O)CCC12CCC3C(C1C1CC1O2)[C@H]1C[C@H]1C1(O)CC(=O)CCC31C. The summed E-state index contributed by atoms with van der Waals surface area (Å²) in [6, 6.07) is 0. The van der Waals surface area contributed by atoms with Crippen molar-refractivity contribution in [3.8, 4) is 0 Å². The molecule has 29 heavy (non-hydrogen) atoms. The lowest BCUT2D eigenvalue weighted by Crippen LogP contribution is -2.65. The van der Waals surface area contributed by atoms with E-state index in [1.165, 1.54) is 6.42 Å². The lowest BCUT2D eigenvalue weighted by atomic mass is 9.44. The first-order valence-corrected chi connectivity index (χ1v) is 11.9. The van der Waals surface area contributed by atoms with Crippen molar-refractivity contribution in [1.29, 1.82) is 0 Å². The van der Waals surface area contributed by atoms with Gasteiger partial charge in [0.1, 0.15) is 5.78 Å². The Hall–Kier alpha value is -0.940. The summed E-state index contributed by atoms with van der Waals surface area (Å²) in [7, 11) is 0. The van der Waals surface area contributed by atoms with Gasteiger partial charge in [0.05, 0.1) is 23.9 Å². The van der Waals surface area contributed by atoms with E-state index in [0.717, 1.165) is 32.1 Å². The van der Waals surface area contributed by atoms with Gasteiger partial charge in [-0.2, -0.15) is 0 Å². The standard InChI is InChI=1S/C24H34O5/c1-3-28-19(26)6-9-23-8-5-16-20(21(23)15-11-18(15)29-23)14-10-17(14)24(27)12-13(25)4-7-22(16,24)2/h14-18,20-21,27H,3-12H2,1-2H3/t14-,15?,16?,17+,18?,20?,21?,22?,23?,24?/m0/s1. The summed E-state index contributed by atoms with van der Waals surface area (Å²) in [4.78, 5) is 24.3. The van der Waals surface area contributed by atoms with E-state index in [9.17, 15) is 14.7 Å². The van der Waals surface area contributed by atoms with Gasteiger partial charge < -0.3 is 14.6 Å². The third-order valence-corrected chi connectivity index (χ3v) is 10.2. The number of carbonyl (C=O) groups is 2. The molecule has 6 fully saturated rings. The van der Waals surface area contributed by atoms with E-state index >= 15 is 0 Å². The Morgan fingerprint density at radius 3 is 2.86 bits per heavy atom. The molecule has 0 amide bonds. The highest BCUT2D eigenvalue weighted by molar-refractivity contribution is 5.81. The van der Waals surface area contributed by atoms with Gasteiger partial charge >= 0.3 is 5.97 Å². The lowest BCUT2D eigenvalue weighted by Gasteiger charge is -2.62. The molecule has 0 aromatic heterocycles. The quantitative estimate of drug-likeness (QED) is 0.731. The number of hydrogen-bond acceptors (Lipinski definition) is 5. The van der Waals surface area contributed by atoms with E-state index in [-0.39, 0.29) is 28.7 Å². The average molecular weight is 403 g/mol. The van der Waals surface area contributed by atoms with Crippen LogP contribution >= 0.6 is 0 Å². The molecule has 0 aromatic rings. The number of ketones is 1. The van der Waals surface area contributed by atoms with E-state index < -0.39 is 5.60 Å². The first kappa shape index (κ1) is 18.8. The topological polar surface area (TPSA) is 72.8 Å². The zero-order valence-corrected chi connectivity index (χ0v) is 17.7. The van der Waals surface area contributed by atoms with E-state index in [1.807, 2.05) is 6.92 Å². The number of hydrogen-bond donors (Lipinski definition) is 1. The average Bonchev–Trinajstić information content (AvgIpc) is 3.59. The molecule has 5 heteroatoms. The van der Waals surface area contributed by atoms with Crippen LogP contribution in [0, 0.1) is 40.9 Å². The lowest BCUT2D eigenvalue weighted by molar-refractivity contribution is -0.221. The summed E-state index contributed by atoms with van der Waals surface area (Å²) >= 11 is 0. The number of fused-ring (bicyclic) bond motifs is 10. The second-order valence-corrected chi connectivity index (χ2v) is 11.2. The Labute approximate surface area is 172 Å². The van der Waals surface area contributed by atoms with E-state index in [1.54, 1.807) is 0 Å². The molecule has 0 aromatic carbocycles. The fraction of sp³-hybridized carbons (Fsp3) is 0.917. The van der Waals surface area contributed by atoms with Gasteiger partial charge in [0.25, 0.3) is 0 Å². The molecule has 10 atom stereocenters. The van der Waals surface area contributed by atoms with Crippen molar-refractivity contribution in [2.24, 2.45) is 40.9 Å². The van der Waals surface area contributed by atoms with Crippen molar-refractivity contribution in [2.45, 2.75) is 88.9 Å². The minimum absolute atomic E-state index is 0.105. The zero-order valence-electron chi connectivity index (χ0n) is 17.7. The zero-order chi connectivity index (χ0) is 20.2. The molecule has 1 saturated heterocycles. The summed E-state index contributed by atoms with van der Waals surface area (Å²) in [5.41, 5.74) is -1.10. The molecular formula is C24H34O5. The number of rotatable bonds is 4. The summed E-state index contributed by atoms with van der Waals surface area (Å²) in [6.07, 6.45) is 7.74. The summed E-state index contributed by atoms with van der Waals surface area (Å²) in [6.45, 7) is 4.58. The van der Waals surface area contributed by atoms with Gasteiger partial charge in [0, 0.05) is 24.7 Å². The molecule has 5 nitrogen and oxygen atoms in total. The van der Waals surface area contributed by atoms with Crippen LogP contribution in [-0.4, -0.2) is 40.8 Å². The van der Waals surface area contributed by atoms with Crippen LogP contribution in [0.1, 0.15) is 71.6 Å². The first-order valence-electron chi connectivity index (χ1n) is 11.9. The number of aliphatic hydroxyl groups is 1. The summed E-state index contributed by atoms with van der Waals surface area (Å²) in [5.74, 6) is 3.21. The van der Waals surface area contributed by atoms with Crippen molar-refractivity contribution < 1.29 is 24.2 Å². The van der Waals surface area contributed by atoms with Crippen LogP contribution in [0.2, 0.25) is 0 Å². The molecule has 160 valence electrons. The van der Waals surface area contributed by atoms with Gasteiger partial charge in [-0.1, -0.05) is 6.92 Å². The summed E-state index contributed by atoms with van der Waals surface area (Å²) < 4.78 is 11.9. The van der Waals surface area contributed by atoms with Crippen LogP contribution in [-0.2, 0) is 19.1 Å². The molecule has 1 aliphatic heterocycles. The number of ether oxygens (including phenoxy) is 2. The monoisotopic (exact) mass is 402 g/mol. The van der Waals surface area contributed by atoms with Crippen LogP contribution in [0.25, 0.3) is 0 Å². The highest BCUT2D eigenvalue weighted by Gasteiger charge is 2.77. The Morgan fingerprint density at radius 1 is 1.24 bits per heavy atom. The van der Waals surface area contributed by atoms with Crippen LogP contribution in [0.3, 0.4) is 0 Å². The third kappa shape index (κ3) is 2.35. The predicted octanol–water partition coefficient (Wildman–Crippen LogP) is 3.27. The highest BCUT2D eigenvalue weighted by atomic mass is 16.5. The van der Waals surface area contributed by atoms with Crippen molar-refractivity contribution >= 4 is 11.8 Å². The minimum Gasteiger partial charge on any atom is -0.466 e. The Bertz CT molecular complexity index is 764. The smallest absolute Gasteiger partial charge is 0.305 e. The number of Topliss-reactive ketones (excluding diaryl/α,β-unsaturated/α-hetero) is 1. The molecule has 5 aliphatic carbocycles. The minimum atomic E-state index is -0.790. The number of esters is 1. The first-order chi connectivity index (χ1) is 13.8. The van der Waals surface area contributed by atoms with Gasteiger partial charge in [0.2, 0.25) is 0 Å². The predicted molar refractivity (Wildman–Crippen MR) is 105 cm³/mol. The second kappa shape index (κ2) is 5.85. The second-order valence-electron chi connectivity index (χ2n) is 11.2. The van der Waals surface area contributed by atoms with E-state index in [4.69, 9.17) is 9.47 Å². The van der Waals surface area contributed by atoms with Gasteiger partial charge in [0.15, 0.2) is 0 Å². The van der Waals surface area contributed by atoms with E-state index in [2.05, 4.69) is 6.92 Å². The van der Waals surface area contributed by atoms with Crippen molar-refractivity contribution in [2.75, 3.05) is 6.61 Å². The van der Waals surface area contributed by atoms with Crippen molar-refractivity contribution in [3.05, 3.63) is 0 Å². The van der Waals surface area contributed by atoms with Crippen LogP contribution in [0.15, 0.2) is 0 Å². The Balaban J connectivity index is 1.32. The largest absolute Gasteiger partial charge is 0.466 e. The molecule has 5 saturated carbocycles. The molecule has 0 radical (unpaired) electrons. The number of carbonyl (C=O) groups excluding carboxylic acids is 2. The van der Waals surface area contributed by atoms with Gasteiger partial charge in [-0.15, -0.1) is 0 Å². The van der Waals surface area contributed by atoms with Gasteiger partial charge in [-0.3, -0.25) is 9.59 Å². The fourth-order valence-electron chi connectivity index (χ4n) is 8.84.